The van der Waals surface area contributed by atoms with Gasteiger partial charge in [0.25, 0.3) is 0 Å². The second-order valence-electron chi connectivity index (χ2n) is 19.3. The summed E-state index contributed by atoms with van der Waals surface area (Å²) in [5.41, 5.74) is 13.0. The molecule has 0 radical (unpaired) electrons. The number of hydrogen-bond donors (Lipinski definition) is 0. The molecule has 0 amide bonds. The number of nitrogens with zero attached hydrogens (tertiary/aromatic N) is 6. The van der Waals surface area contributed by atoms with Crippen molar-refractivity contribution in [2.45, 2.75) is 0 Å². The number of benzene rings is 11. The van der Waals surface area contributed by atoms with Crippen LogP contribution in [0.25, 0.3) is 141 Å². The van der Waals surface area contributed by atoms with Crippen LogP contribution in [0.2, 0.25) is 0 Å². The lowest BCUT2D eigenvalue weighted by Crippen LogP contribution is -2.16. The zero-order valence-electron chi connectivity index (χ0n) is 40.0. The molecule has 346 valence electrons. The van der Waals surface area contributed by atoms with E-state index in [0.29, 0.717) is 33.9 Å². The highest BCUT2D eigenvalue weighted by molar-refractivity contribution is 7.26. The average molecular weight is 971 g/mol. The van der Waals surface area contributed by atoms with E-state index in [9.17, 15) is 10.5 Å². The molecule has 75 heavy (non-hydrogen) atoms. The summed E-state index contributed by atoms with van der Waals surface area (Å²) in [4.78, 5) is 0. The van der Waals surface area contributed by atoms with Crippen LogP contribution < -0.4 is 0 Å². The number of thiophene rings is 1. The fraction of sp³-hybridized carbons (Fsp3) is 0. The Balaban J connectivity index is 1.23. The lowest BCUT2D eigenvalue weighted by atomic mass is 9.98. The summed E-state index contributed by atoms with van der Waals surface area (Å²) in [5.74, 6) is 0. The third-order valence-electron chi connectivity index (χ3n) is 15.6. The van der Waals surface area contributed by atoms with Crippen molar-refractivity contribution in [3.63, 3.8) is 0 Å². The van der Waals surface area contributed by atoms with Crippen molar-refractivity contribution in [1.82, 2.24) is 18.3 Å². The van der Waals surface area contributed by atoms with Crippen LogP contribution in [-0.4, -0.2) is 18.3 Å². The minimum Gasteiger partial charge on any atom is -0.306 e. The predicted octanol–water partition coefficient (Wildman–Crippen LogP) is 17.9. The van der Waals surface area contributed by atoms with Crippen LogP contribution in [0.1, 0.15) is 11.1 Å². The zero-order chi connectivity index (χ0) is 49.5. The molecule has 16 rings (SSSR count). The van der Waals surface area contributed by atoms with Crippen LogP contribution in [0.5, 0.6) is 0 Å². The third-order valence-corrected chi connectivity index (χ3v) is 16.8. The van der Waals surface area contributed by atoms with Gasteiger partial charge in [0.15, 0.2) is 0 Å². The number of para-hydroxylation sites is 6. The van der Waals surface area contributed by atoms with Crippen LogP contribution in [0.15, 0.2) is 231 Å². The Hall–Kier alpha value is -10.2. The lowest BCUT2D eigenvalue weighted by Gasteiger charge is -2.27. The van der Waals surface area contributed by atoms with Gasteiger partial charge >= 0.3 is 0 Å². The molecule has 0 spiro atoms. The predicted molar refractivity (Wildman–Crippen MR) is 312 cm³/mol. The van der Waals surface area contributed by atoms with Crippen molar-refractivity contribution in [2.24, 2.45) is 0 Å². The van der Waals surface area contributed by atoms with E-state index in [1.165, 1.54) is 10.1 Å². The minimum atomic E-state index is 0.429. The Morgan fingerprint density at radius 3 is 1.08 bits per heavy atom. The van der Waals surface area contributed by atoms with Crippen LogP contribution in [0.4, 0.5) is 0 Å². The molecule has 0 saturated heterocycles. The van der Waals surface area contributed by atoms with E-state index in [1.807, 2.05) is 0 Å². The van der Waals surface area contributed by atoms with Gasteiger partial charge in [0.1, 0.15) is 23.3 Å². The first-order valence-electron chi connectivity index (χ1n) is 25.1. The van der Waals surface area contributed by atoms with E-state index < -0.39 is 0 Å². The molecule has 0 bridgehead atoms. The highest BCUT2D eigenvalue weighted by Crippen LogP contribution is 2.51. The monoisotopic (exact) mass is 970 g/mol. The maximum Gasteiger partial charge on any atom is 0.104 e. The van der Waals surface area contributed by atoms with E-state index >= 15 is 0 Å². The summed E-state index contributed by atoms with van der Waals surface area (Å²) in [5, 5.41) is 36.2. The summed E-state index contributed by atoms with van der Waals surface area (Å²) in [7, 11) is 0. The van der Waals surface area contributed by atoms with Crippen LogP contribution >= 0.6 is 11.3 Å². The Morgan fingerprint density at radius 1 is 0.280 bits per heavy atom. The summed E-state index contributed by atoms with van der Waals surface area (Å²) >= 11 is 1.77. The summed E-state index contributed by atoms with van der Waals surface area (Å²) in [6.45, 7) is 0. The van der Waals surface area contributed by atoms with Crippen molar-refractivity contribution in [1.29, 1.82) is 10.5 Å². The van der Waals surface area contributed by atoms with Crippen LogP contribution in [0.3, 0.4) is 0 Å². The normalized spacial score (nSPS) is 12.0. The number of fused-ring (bicyclic) bond motifs is 16. The summed E-state index contributed by atoms with van der Waals surface area (Å²) < 4.78 is 11.4. The Kier molecular flexibility index (Phi) is 8.65. The molecule has 11 aromatic carbocycles. The van der Waals surface area contributed by atoms with Crippen molar-refractivity contribution in [2.75, 3.05) is 0 Å². The fourth-order valence-corrected chi connectivity index (χ4v) is 13.8. The largest absolute Gasteiger partial charge is 0.306 e. The first-order chi connectivity index (χ1) is 37.2. The Bertz CT molecular complexity index is 5060. The van der Waals surface area contributed by atoms with Gasteiger partial charge in [-0.1, -0.05) is 176 Å². The smallest absolute Gasteiger partial charge is 0.104 e. The third kappa shape index (κ3) is 5.59. The van der Waals surface area contributed by atoms with Crippen molar-refractivity contribution in [3.05, 3.63) is 242 Å². The van der Waals surface area contributed by atoms with Crippen molar-refractivity contribution < 1.29 is 0 Å². The molecule has 5 heterocycles. The minimum absolute atomic E-state index is 0.429. The Labute approximate surface area is 432 Å². The molecule has 7 heteroatoms. The quantitative estimate of drug-likeness (QED) is 0.172. The fourth-order valence-electron chi connectivity index (χ4n) is 12.6. The van der Waals surface area contributed by atoms with Gasteiger partial charge in [-0.15, -0.1) is 11.3 Å². The van der Waals surface area contributed by atoms with Gasteiger partial charge in [-0.05, 0) is 65.7 Å². The van der Waals surface area contributed by atoms with Gasteiger partial charge in [-0.3, -0.25) is 0 Å². The van der Waals surface area contributed by atoms with Crippen molar-refractivity contribution in [3.8, 4) is 46.0 Å². The number of aromatic nitrogens is 4. The molecule has 0 aliphatic rings. The second-order valence-corrected chi connectivity index (χ2v) is 20.4. The first kappa shape index (κ1) is 41.4. The maximum atomic E-state index is 12.8. The topological polar surface area (TPSA) is 67.3 Å². The molecule has 0 saturated carbocycles. The molecule has 0 aliphatic carbocycles. The molecule has 0 fully saturated rings. The van der Waals surface area contributed by atoms with Gasteiger partial charge < -0.3 is 18.3 Å². The summed E-state index contributed by atoms with van der Waals surface area (Å²) in [6, 6.07) is 87.1. The first-order valence-corrected chi connectivity index (χ1v) is 26.0. The molecular weight excluding hydrogens is 933 g/mol. The second kappa shape index (κ2) is 15.7. The number of nitriles is 2. The molecular formula is C68H38N6S. The van der Waals surface area contributed by atoms with E-state index in [1.54, 1.807) is 11.3 Å². The Morgan fingerprint density at radius 2 is 0.640 bits per heavy atom. The average Bonchev–Trinajstić information content (AvgIpc) is 4.37. The lowest BCUT2D eigenvalue weighted by molar-refractivity contribution is 1.03. The molecule has 5 aromatic heterocycles. The van der Waals surface area contributed by atoms with Gasteiger partial charge in [-0.2, -0.15) is 10.5 Å². The van der Waals surface area contributed by atoms with Crippen molar-refractivity contribution >= 4 is 119 Å². The van der Waals surface area contributed by atoms with Crippen LogP contribution in [-0.2, 0) is 0 Å². The highest BCUT2D eigenvalue weighted by atomic mass is 32.1. The van der Waals surface area contributed by atoms with E-state index in [2.05, 4.69) is 261 Å². The van der Waals surface area contributed by atoms with Gasteiger partial charge in [0.2, 0.25) is 0 Å². The van der Waals surface area contributed by atoms with E-state index in [4.69, 9.17) is 0 Å². The van der Waals surface area contributed by atoms with Gasteiger partial charge in [0, 0.05) is 58.6 Å². The standard InChI is InChI=1S/C68H38N6S/c69-39-53-63(71-55-27-11-4-20-43(55)44-21-5-12-28-56(44)71)64(72-57-29-13-6-22-45(57)46-23-7-14-30-58(46)72)54(40-70)66(65(53)73-59-31-15-8-24-47(59)48-25-9-16-32-60(48)73)74-61-37-34-42(41-18-2-1-3-19-41)38-52(61)50-35-36-51-49-26-10-17-33-62(49)75-68(51)67(50)74/h1-38H. The number of hydrogen-bond acceptors (Lipinski definition) is 3. The maximum absolute atomic E-state index is 12.8. The summed E-state index contributed by atoms with van der Waals surface area (Å²) in [6.07, 6.45) is 0. The SMILES string of the molecule is N#Cc1c(-n2c3ccccc3c3ccccc32)c(-n2c3ccccc3c3ccccc32)c(C#N)c(-n2c3ccc(-c4ccccc4)cc3c3ccc4c5ccccc5sc4c32)c1-n1c2ccccc2c2ccccc21. The molecule has 16 aromatic rings. The zero-order valence-corrected chi connectivity index (χ0v) is 40.8. The highest BCUT2D eigenvalue weighted by Gasteiger charge is 2.35. The van der Waals surface area contributed by atoms with E-state index in [-0.39, 0.29) is 0 Å². The molecule has 0 N–H and O–H groups in total. The molecule has 0 atom stereocenters. The molecule has 0 unspecified atom stereocenters. The molecule has 0 aliphatic heterocycles. The van der Waals surface area contributed by atoms with E-state index in [0.717, 1.165) is 108 Å². The van der Waals surface area contributed by atoms with Gasteiger partial charge in [-0.25, -0.2) is 0 Å². The molecule has 6 nitrogen and oxygen atoms in total. The number of rotatable bonds is 5. The van der Waals surface area contributed by atoms with Gasteiger partial charge in [0.05, 0.1) is 71.6 Å². The van der Waals surface area contributed by atoms with Crippen LogP contribution in [0, 0.1) is 22.7 Å².